The zero-order valence-electron chi connectivity index (χ0n) is 9.10. The molecule has 1 unspecified atom stereocenters. The summed E-state index contributed by atoms with van der Waals surface area (Å²) < 4.78 is 1.67. The molecule has 2 rings (SSSR count). The number of hydrogen-bond acceptors (Lipinski definition) is 3. The van der Waals surface area contributed by atoms with Crippen LogP contribution in [0.1, 0.15) is 18.5 Å². The Morgan fingerprint density at radius 1 is 1.40 bits per heavy atom. The number of aromatic nitrogens is 1. The van der Waals surface area contributed by atoms with Gasteiger partial charge in [0.25, 0.3) is 5.56 Å². The molecule has 0 amide bonds. The fraction of sp³-hybridized carbons (Fsp3) is 0.545. The predicted octanol–water partition coefficient (Wildman–Crippen LogP) is 0.476. The van der Waals surface area contributed by atoms with E-state index in [1.807, 2.05) is 11.9 Å². The molecule has 82 valence electrons. The van der Waals surface area contributed by atoms with Crippen molar-refractivity contribution in [2.75, 3.05) is 11.9 Å². The number of aliphatic hydroxyl groups excluding tert-OH is 1. The maximum Gasteiger partial charge on any atom is 0.250 e. The minimum atomic E-state index is -0.441. The Morgan fingerprint density at radius 3 is 2.87 bits per heavy atom. The van der Waals surface area contributed by atoms with Gasteiger partial charge in [0.05, 0.1) is 5.69 Å². The lowest BCUT2D eigenvalue weighted by Gasteiger charge is -2.25. The molecule has 0 aromatic carbocycles. The maximum absolute atomic E-state index is 11.5. The third kappa shape index (κ3) is 1.65. The van der Waals surface area contributed by atoms with Gasteiger partial charge in [0.1, 0.15) is 6.23 Å². The second kappa shape index (κ2) is 3.70. The summed E-state index contributed by atoms with van der Waals surface area (Å²) in [5.41, 5.74) is 1.99. The van der Waals surface area contributed by atoms with E-state index in [4.69, 9.17) is 0 Å². The lowest BCUT2D eigenvalue weighted by molar-refractivity contribution is 0.165. The zero-order chi connectivity index (χ0) is 11.0. The molecule has 15 heavy (non-hydrogen) atoms. The van der Waals surface area contributed by atoms with Gasteiger partial charge in [0.2, 0.25) is 0 Å². The molecule has 1 aliphatic heterocycles. The summed E-state index contributed by atoms with van der Waals surface area (Å²) in [6.45, 7) is 0. The molecular weight excluding hydrogens is 192 g/mol. The molecule has 4 heteroatoms. The summed E-state index contributed by atoms with van der Waals surface area (Å²) in [5.74, 6) is 0. The number of rotatable bonds is 0. The Labute approximate surface area is 88.8 Å². The Morgan fingerprint density at radius 2 is 2.13 bits per heavy atom. The van der Waals surface area contributed by atoms with E-state index in [1.54, 1.807) is 23.7 Å². The van der Waals surface area contributed by atoms with Crippen LogP contribution in [-0.2, 0) is 13.5 Å². The average Bonchev–Trinajstić information content (AvgIpc) is 2.35. The first-order chi connectivity index (χ1) is 7.11. The molecule has 0 saturated heterocycles. The van der Waals surface area contributed by atoms with Crippen LogP contribution in [0.3, 0.4) is 0 Å². The molecule has 0 aliphatic carbocycles. The minimum absolute atomic E-state index is 0.0125. The van der Waals surface area contributed by atoms with E-state index in [0.717, 1.165) is 30.6 Å². The van der Waals surface area contributed by atoms with Gasteiger partial charge in [-0.3, -0.25) is 4.79 Å². The fourth-order valence-electron chi connectivity index (χ4n) is 2.09. The number of anilines is 1. The van der Waals surface area contributed by atoms with E-state index < -0.39 is 6.23 Å². The Balaban J connectivity index is 2.57. The molecular formula is C11H16N2O2. The van der Waals surface area contributed by atoms with Gasteiger partial charge >= 0.3 is 0 Å². The monoisotopic (exact) mass is 208 g/mol. The first-order valence-electron chi connectivity index (χ1n) is 5.21. The number of hydrogen-bond donors (Lipinski definition) is 1. The van der Waals surface area contributed by atoms with Crippen molar-refractivity contribution in [3.63, 3.8) is 0 Å². The number of fused-ring (bicyclic) bond motifs is 1. The maximum atomic E-state index is 11.5. The first-order valence-corrected chi connectivity index (χ1v) is 5.21. The van der Waals surface area contributed by atoms with Crippen molar-refractivity contribution >= 4 is 5.69 Å². The Kier molecular flexibility index (Phi) is 2.52. The molecule has 0 spiro atoms. The summed E-state index contributed by atoms with van der Waals surface area (Å²) in [5, 5.41) is 9.80. The smallest absolute Gasteiger partial charge is 0.250 e. The van der Waals surface area contributed by atoms with Crippen LogP contribution < -0.4 is 10.5 Å². The van der Waals surface area contributed by atoms with Crippen molar-refractivity contribution in [3.8, 4) is 0 Å². The SMILES string of the molecule is CN1c2ccc(=O)n(C)c2CCCC1O. The van der Waals surface area contributed by atoms with Crippen molar-refractivity contribution in [3.05, 3.63) is 28.2 Å². The molecule has 2 heterocycles. The molecule has 1 atom stereocenters. The minimum Gasteiger partial charge on any atom is -0.374 e. The molecule has 1 N–H and O–H groups in total. The van der Waals surface area contributed by atoms with Gasteiger partial charge in [0, 0.05) is 25.9 Å². The standard InChI is InChI=1S/C11H16N2O2/c1-12-8-4-3-5-10(14)13(2)9(8)6-7-11(12)15/h6-7,10,14H,3-5H2,1-2H3. The highest BCUT2D eigenvalue weighted by Gasteiger charge is 2.20. The van der Waals surface area contributed by atoms with E-state index in [0.29, 0.717) is 0 Å². The molecule has 1 aromatic heterocycles. The number of nitrogens with zero attached hydrogens (tertiary/aromatic N) is 2. The van der Waals surface area contributed by atoms with Gasteiger partial charge in [0.15, 0.2) is 0 Å². The quantitative estimate of drug-likeness (QED) is 0.674. The van der Waals surface area contributed by atoms with Gasteiger partial charge in [-0.05, 0) is 25.3 Å². The fourth-order valence-corrected chi connectivity index (χ4v) is 2.09. The van der Waals surface area contributed by atoms with Crippen LogP contribution >= 0.6 is 0 Å². The molecule has 1 aromatic rings. The third-order valence-electron chi connectivity index (χ3n) is 3.12. The largest absolute Gasteiger partial charge is 0.374 e. The highest BCUT2D eigenvalue weighted by molar-refractivity contribution is 5.51. The highest BCUT2D eigenvalue weighted by Crippen LogP contribution is 2.25. The van der Waals surface area contributed by atoms with Crippen LogP contribution in [0.25, 0.3) is 0 Å². The molecule has 0 radical (unpaired) electrons. The number of pyridine rings is 1. The topological polar surface area (TPSA) is 45.5 Å². The normalized spacial score (nSPS) is 21.0. The lowest BCUT2D eigenvalue weighted by atomic mass is 10.2. The van der Waals surface area contributed by atoms with Crippen molar-refractivity contribution < 1.29 is 5.11 Å². The van der Waals surface area contributed by atoms with Crippen molar-refractivity contribution in [1.29, 1.82) is 0 Å². The van der Waals surface area contributed by atoms with Gasteiger partial charge in [-0.2, -0.15) is 0 Å². The van der Waals surface area contributed by atoms with Crippen LogP contribution in [0.15, 0.2) is 16.9 Å². The van der Waals surface area contributed by atoms with Gasteiger partial charge in [-0.25, -0.2) is 0 Å². The first kappa shape index (κ1) is 10.2. The third-order valence-corrected chi connectivity index (χ3v) is 3.12. The lowest BCUT2D eigenvalue weighted by Crippen LogP contribution is -2.32. The summed E-state index contributed by atoms with van der Waals surface area (Å²) >= 11 is 0. The van der Waals surface area contributed by atoms with Crippen LogP contribution in [0, 0.1) is 0 Å². The summed E-state index contributed by atoms with van der Waals surface area (Å²) in [7, 11) is 3.64. The van der Waals surface area contributed by atoms with E-state index >= 15 is 0 Å². The number of aliphatic hydroxyl groups is 1. The predicted molar refractivity (Wildman–Crippen MR) is 59.0 cm³/mol. The average molecular weight is 208 g/mol. The van der Waals surface area contributed by atoms with E-state index in [9.17, 15) is 9.90 Å². The van der Waals surface area contributed by atoms with E-state index in [2.05, 4.69) is 0 Å². The van der Waals surface area contributed by atoms with Gasteiger partial charge in [-0.1, -0.05) is 0 Å². The summed E-state index contributed by atoms with van der Waals surface area (Å²) in [6.07, 6.45) is 2.07. The molecule has 4 nitrogen and oxygen atoms in total. The zero-order valence-corrected chi connectivity index (χ0v) is 9.10. The van der Waals surface area contributed by atoms with Crippen molar-refractivity contribution in [1.82, 2.24) is 4.57 Å². The van der Waals surface area contributed by atoms with Gasteiger partial charge < -0.3 is 14.6 Å². The summed E-state index contributed by atoms with van der Waals surface area (Å²) in [4.78, 5) is 13.3. The summed E-state index contributed by atoms with van der Waals surface area (Å²) in [6, 6.07) is 3.35. The second-order valence-electron chi connectivity index (χ2n) is 4.05. The van der Waals surface area contributed by atoms with Crippen molar-refractivity contribution in [2.24, 2.45) is 7.05 Å². The van der Waals surface area contributed by atoms with Crippen molar-refractivity contribution in [2.45, 2.75) is 25.5 Å². The van der Waals surface area contributed by atoms with E-state index in [-0.39, 0.29) is 5.56 Å². The Bertz CT molecular complexity index is 425. The van der Waals surface area contributed by atoms with Crippen LogP contribution in [0.2, 0.25) is 0 Å². The van der Waals surface area contributed by atoms with Crippen LogP contribution in [-0.4, -0.2) is 22.9 Å². The Hall–Kier alpha value is -1.29. The molecule has 1 aliphatic rings. The molecule has 0 fully saturated rings. The van der Waals surface area contributed by atoms with E-state index in [1.165, 1.54) is 0 Å². The molecule has 0 bridgehead atoms. The second-order valence-corrected chi connectivity index (χ2v) is 4.05. The highest BCUT2D eigenvalue weighted by atomic mass is 16.3. The van der Waals surface area contributed by atoms with Gasteiger partial charge in [-0.15, -0.1) is 0 Å². The van der Waals surface area contributed by atoms with Crippen LogP contribution in [0.4, 0.5) is 5.69 Å². The van der Waals surface area contributed by atoms with Crippen LogP contribution in [0.5, 0.6) is 0 Å². The molecule has 0 saturated carbocycles.